The van der Waals surface area contributed by atoms with Crippen molar-refractivity contribution in [2.75, 3.05) is 10.7 Å². The lowest BCUT2D eigenvalue weighted by Crippen LogP contribution is -2.27. The third-order valence-corrected chi connectivity index (χ3v) is 5.49. The summed E-state index contributed by atoms with van der Waals surface area (Å²) in [5, 5.41) is 0.826. The molecule has 1 amide bonds. The molecule has 19 heavy (non-hydrogen) atoms. The van der Waals surface area contributed by atoms with Gasteiger partial charge in [0.2, 0.25) is 5.91 Å². The van der Waals surface area contributed by atoms with E-state index in [4.69, 9.17) is 0 Å². The van der Waals surface area contributed by atoms with Crippen molar-refractivity contribution in [1.29, 1.82) is 0 Å². The van der Waals surface area contributed by atoms with Crippen molar-refractivity contribution in [1.82, 2.24) is 4.98 Å². The molecule has 1 saturated heterocycles. The fourth-order valence-electron chi connectivity index (χ4n) is 1.96. The third kappa shape index (κ3) is 2.57. The van der Waals surface area contributed by atoms with Crippen LogP contribution in [-0.2, 0) is 4.79 Å². The summed E-state index contributed by atoms with van der Waals surface area (Å²) in [6.07, 6.45) is 1.81. The molecule has 98 valence electrons. The van der Waals surface area contributed by atoms with E-state index in [0.29, 0.717) is 5.75 Å². The summed E-state index contributed by atoms with van der Waals surface area (Å²) in [6.45, 7) is 2.00. The highest BCUT2D eigenvalue weighted by Crippen LogP contribution is 2.42. The molecule has 1 unspecified atom stereocenters. The smallest absolute Gasteiger partial charge is 0.240 e. The molecule has 3 rings (SSSR count). The summed E-state index contributed by atoms with van der Waals surface area (Å²) in [7, 11) is 0. The van der Waals surface area contributed by atoms with Crippen LogP contribution in [0.25, 0.3) is 0 Å². The zero-order valence-corrected chi connectivity index (χ0v) is 13.4. The number of nitrogens with zero attached hydrogens (tertiary/aromatic N) is 2. The summed E-state index contributed by atoms with van der Waals surface area (Å²) >= 11 is 6.64. The minimum absolute atomic E-state index is 0.0335. The van der Waals surface area contributed by atoms with E-state index in [-0.39, 0.29) is 11.3 Å². The topological polar surface area (TPSA) is 33.2 Å². The van der Waals surface area contributed by atoms with E-state index in [1.54, 1.807) is 23.1 Å². The van der Waals surface area contributed by atoms with Gasteiger partial charge in [0.25, 0.3) is 0 Å². The molecule has 1 aromatic heterocycles. The van der Waals surface area contributed by atoms with E-state index in [1.807, 2.05) is 42.3 Å². The van der Waals surface area contributed by atoms with Gasteiger partial charge >= 0.3 is 0 Å². The van der Waals surface area contributed by atoms with Crippen LogP contribution in [0, 0.1) is 6.92 Å². The van der Waals surface area contributed by atoms with E-state index in [0.717, 1.165) is 20.0 Å². The number of aromatic nitrogens is 1. The lowest BCUT2D eigenvalue weighted by Gasteiger charge is -2.21. The highest BCUT2D eigenvalue weighted by molar-refractivity contribution is 9.10. The number of aryl methyl sites for hydroxylation is 1. The largest absolute Gasteiger partial charge is 0.273 e. The van der Waals surface area contributed by atoms with E-state index in [2.05, 4.69) is 20.9 Å². The van der Waals surface area contributed by atoms with Gasteiger partial charge in [-0.15, -0.1) is 23.1 Å². The van der Waals surface area contributed by atoms with E-state index < -0.39 is 0 Å². The number of anilines is 1. The maximum atomic E-state index is 12.1. The molecule has 1 aromatic carbocycles. The van der Waals surface area contributed by atoms with Crippen LogP contribution in [0.2, 0.25) is 0 Å². The summed E-state index contributed by atoms with van der Waals surface area (Å²) in [6, 6.07) is 8.11. The Bertz CT molecular complexity index is 611. The first kappa shape index (κ1) is 13.1. The van der Waals surface area contributed by atoms with Gasteiger partial charge in [-0.25, -0.2) is 4.98 Å². The second-order valence-corrected chi connectivity index (χ2v) is 7.43. The van der Waals surface area contributed by atoms with Crippen molar-refractivity contribution in [3.8, 4) is 0 Å². The molecular weight excluding hydrogens is 344 g/mol. The molecule has 0 aliphatic carbocycles. The van der Waals surface area contributed by atoms with Crippen LogP contribution in [-0.4, -0.2) is 16.6 Å². The van der Waals surface area contributed by atoms with Gasteiger partial charge in [0.15, 0.2) is 5.13 Å². The molecule has 1 fully saturated rings. The lowest BCUT2D eigenvalue weighted by atomic mass is 10.2. The van der Waals surface area contributed by atoms with Crippen molar-refractivity contribution < 1.29 is 4.79 Å². The minimum atomic E-state index is 0.0335. The first-order chi connectivity index (χ1) is 9.15. The summed E-state index contributed by atoms with van der Waals surface area (Å²) < 4.78 is 1.04. The predicted molar refractivity (Wildman–Crippen MR) is 83.7 cm³/mol. The Labute approximate surface area is 128 Å². The van der Waals surface area contributed by atoms with Crippen molar-refractivity contribution in [3.63, 3.8) is 0 Å². The quantitative estimate of drug-likeness (QED) is 0.817. The minimum Gasteiger partial charge on any atom is -0.273 e. The predicted octanol–water partition coefficient (Wildman–Crippen LogP) is 3.99. The highest BCUT2D eigenvalue weighted by atomic mass is 79.9. The van der Waals surface area contributed by atoms with Crippen LogP contribution in [0.5, 0.6) is 0 Å². The number of thiazole rings is 1. The molecule has 0 N–H and O–H groups in total. The molecule has 0 bridgehead atoms. The molecule has 3 nitrogen and oxygen atoms in total. The Balaban J connectivity index is 1.96. The van der Waals surface area contributed by atoms with E-state index in [9.17, 15) is 4.79 Å². The monoisotopic (exact) mass is 354 g/mol. The maximum Gasteiger partial charge on any atom is 0.240 e. The molecule has 6 heteroatoms. The summed E-state index contributed by atoms with van der Waals surface area (Å²) in [4.78, 5) is 19.4. The number of halogens is 1. The van der Waals surface area contributed by atoms with Crippen LogP contribution in [0.1, 0.15) is 15.8 Å². The van der Waals surface area contributed by atoms with Gasteiger partial charge in [0.05, 0.1) is 5.75 Å². The molecule has 0 radical (unpaired) electrons. The fourth-order valence-corrected chi connectivity index (χ4v) is 4.25. The SMILES string of the molecule is Cc1cnc(N2C(=O)CSC2c2ccc(Br)cc2)s1. The Morgan fingerprint density at radius 3 is 2.74 bits per heavy atom. The number of benzene rings is 1. The molecule has 2 aromatic rings. The van der Waals surface area contributed by atoms with Gasteiger partial charge in [-0.3, -0.25) is 9.69 Å². The summed E-state index contributed by atoms with van der Waals surface area (Å²) in [5.41, 5.74) is 1.13. The van der Waals surface area contributed by atoms with Gasteiger partial charge in [0, 0.05) is 15.5 Å². The van der Waals surface area contributed by atoms with Gasteiger partial charge in [-0.2, -0.15) is 0 Å². The van der Waals surface area contributed by atoms with Crippen molar-refractivity contribution in [2.24, 2.45) is 0 Å². The Hall–Kier alpha value is -0.850. The second-order valence-electron chi connectivity index (χ2n) is 4.23. The zero-order valence-electron chi connectivity index (χ0n) is 10.2. The lowest BCUT2D eigenvalue weighted by molar-refractivity contribution is -0.115. The Morgan fingerprint density at radius 1 is 1.37 bits per heavy atom. The molecule has 0 saturated carbocycles. The highest BCUT2D eigenvalue weighted by Gasteiger charge is 2.35. The normalized spacial score (nSPS) is 19.2. The number of hydrogen-bond donors (Lipinski definition) is 0. The molecule has 0 spiro atoms. The van der Waals surface area contributed by atoms with Crippen LogP contribution < -0.4 is 4.90 Å². The number of carbonyl (C=O) groups is 1. The Kier molecular flexibility index (Phi) is 3.64. The number of carbonyl (C=O) groups excluding carboxylic acids is 1. The van der Waals surface area contributed by atoms with Crippen LogP contribution >= 0.6 is 39.0 Å². The first-order valence-electron chi connectivity index (χ1n) is 5.77. The van der Waals surface area contributed by atoms with Crippen molar-refractivity contribution >= 4 is 50.1 Å². The third-order valence-electron chi connectivity index (χ3n) is 2.84. The average Bonchev–Trinajstić information content (AvgIpc) is 2.96. The van der Waals surface area contributed by atoms with Crippen LogP contribution in [0.15, 0.2) is 34.9 Å². The standard InChI is InChI=1S/C13H11BrN2OS2/c1-8-6-15-13(19-8)16-11(17)7-18-12(16)9-2-4-10(14)5-3-9/h2-6,12H,7H2,1H3. The number of thioether (sulfide) groups is 1. The fraction of sp³-hybridized carbons (Fsp3) is 0.231. The molecule has 1 atom stereocenters. The van der Waals surface area contributed by atoms with Crippen molar-refractivity contribution in [3.05, 3.63) is 45.4 Å². The van der Waals surface area contributed by atoms with E-state index >= 15 is 0 Å². The average molecular weight is 355 g/mol. The zero-order chi connectivity index (χ0) is 13.4. The number of amides is 1. The van der Waals surface area contributed by atoms with Gasteiger partial charge < -0.3 is 0 Å². The maximum absolute atomic E-state index is 12.1. The number of hydrogen-bond acceptors (Lipinski definition) is 4. The van der Waals surface area contributed by atoms with Crippen LogP contribution in [0.4, 0.5) is 5.13 Å². The van der Waals surface area contributed by atoms with Crippen molar-refractivity contribution in [2.45, 2.75) is 12.3 Å². The second kappa shape index (κ2) is 5.26. The molecular formula is C13H11BrN2OS2. The van der Waals surface area contributed by atoms with Gasteiger partial charge in [-0.05, 0) is 24.6 Å². The van der Waals surface area contributed by atoms with Gasteiger partial charge in [-0.1, -0.05) is 28.1 Å². The van der Waals surface area contributed by atoms with Crippen LogP contribution in [0.3, 0.4) is 0 Å². The number of rotatable bonds is 2. The van der Waals surface area contributed by atoms with Gasteiger partial charge in [0.1, 0.15) is 5.37 Å². The molecule has 1 aliphatic heterocycles. The summed E-state index contributed by atoms with van der Waals surface area (Å²) in [5.74, 6) is 0.645. The molecule has 2 heterocycles. The first-order valence-corrected chi connectivity index (χ1v) is 8.42. The molecule has 1 aliphatic rings. The van der Waals surface area contributed by atoms with E-state index in [1.165, 1.54) is 0 Å². The Morgan fingerprint density at radius 2 is 2.11 bits per heavy atom.